The second-order valence-electron chi connectivity index (χ2n) is 5.50. The van der Waals surface area contributed by atoms with Gasteiger partial charge in [0.2, 0.25) is 5.88 Å². The minimum absolute atomic E-state index is 0. The molecule has 1 N–H and O–H groups in total. The standard InChI is InChI=1S/C14H22N4O2.ClH/c1-18(10-4-3-5-10)13-8-16-12-7-15-6-11(9-19-2)20-14(12)17-13;/h8,10-11,15H,3-7,9H2,1-2H3;1H. The van der Waals surface area contributed by atoms with E-state index in [0.717, 1.165) is 18.1 Å². The smallest absolute Gasteiger partial charge is 0.239 e. The topological polar surface area (TPSA) is 59.5 Å². The zero-order valence-electron chi connectivity index (χ0n) is 12.5. The van der Waals surface area contributed by atoms with Crippen LogP contribution in [0.4, 0.5) is 5.82 Å². The molecule has 1 aromatic heterocycles. The van der Waals surface area contributed by atoms with Gasteiger partial charge in [0.25, 0.3) is 0 Å². The van der Waals surface area contributed by atoms with Gasteiger partial charge in [-0.25, -0.2) is 0 Å². The molecule has 1 aliphatic heterocycles. The number of ether oxygens (including phenoxy) is 2. The van der Waals surface area contributed by atoms with E-state index < -0.39 is 0 Å². The molecular formula is C14H23ClN4O2. The van der Waals surface area contributed by atoms with E-state index in [0.29, 0.717) is 25.1 Å². The highest BCUT2D eigenvalue weighted by Gasteiger charge is 2.25. The molecule has 0 bridgehead atoms. The number of hydrogen-bond donors (Lipinski definition) is 1. The van der Waals surface area contributed by atoms with Gasteiger partial charge in [-0.1, -0.05) is 0 Å². The Morgan fingerprint density at radius 1 is 1.48 bits per heavy atom. The number of rotatable bonds is 4. The van der Waals surface area contributed by atoms with Crippen molar-refractivity contribution < 1.29 is 9.47 Å². The average Bonchev–Trinajstić information content (AvgIpc) is 2.57. The number of fused-ring (bicyclic) bond motifs is 1. The summed E-state index contributed by atoms with van der Waals surface area (Å²) in [4.78, 5) is 11.4. The number of methoxy groups -OCH3 is 1. The number of anilines is 1. The van der Waals surface area contributed by atoms with Gasteiger partial charge >= 0.3 is 0 Å². The highest BCUT2D eigenvalue weighted by Crippen LogP contribution is 2.28. The maximum absolute atomic E-state index is 5.93. The Labute approximate surface area is 131 Å². The molecule has 0 saturated heterocycles. The number of aromatic nitrogens is 2. The zero-order valence-corrected chi connectivity index (χ0v) is 13.4. The van der Waals surface area contributed by atoms with E-state index in [4.69, 9.17) is 9.47 Å². The third-order valence-corrected chi connectivity index (χ3v) is 4.08. The summed E-state index contributed by atoms with van der Waals surface area (Å²) in [5, 5.41) is 3.31. The van der Waals surface area contributed by atoms with Crippen LogP contribution in [-0.2, 0) is 11.3 Å². The normalized spacial score (nSPS) is 21.3. The predicted octanol–water partition coefficient (Wildman–Crippen LogP) is 1.38. The Balaban J connectivity index is 0.00000161. The van der Waals surface area contributed by atoms with Crippen molar-refractivity contribution in [2.45, 2.75) is 38.0 Å². The van der Waals surface area contributed by atoms with Crippen LogP contribution in [0.15, 0.2) is 6.20 Å². The molecule has 1 aromatic rings. The number of hydrogen-bond acceptors (Lipinski definition) is 6. The molecule has 3 rings (SSSR count). The zero-order chi connectivity index (χ0) is 13.9. The van der Waals surface area contributed by atoms with Crippen molar-refractivity contribution in [3.63, 3.8) is 0 Å². The van der Waals surface area contributed by atoms with Gasteiger partial charge in [0.05, 0.1) is 12.8 Å². The molecule has 0 radical (unpaired) electrons. The summed E-state index contributed by atoms with van der Waals surface area (Å²) in [6.07, 6.45) is 5.62. The van der Waals surface area contributed by atoms with Crippen molar-refractivity contribution in [1.29, 1.82) is 0 Å². The first kappa shape index (κ1) is 16.3. The summed E-state index contributed by atoms with van der Waals surface area (Å²) >= 11 is 0. The van der Waals surface area contributed by atoms with Crippen LogP contribution in [0.25, 0.3) is 0 Å². The number of nitrogens with zero attached hydrogens (tertiary/aromatic N) is 3. The molecule has 1 fully saturated rings. The molecule has 0 amide bonds. The molecule has 6 nitrogen and oxygen atoms in total. The largest absolute Gasteiger partial charge is 0.469 e. The number of nitrogens with one attached hydrogen (secondary N) is 1. The lowest BCUT2D eigenvalue weighted by Gasteiger charge is -2.35. The second kappa shape index (κ2) is 7.24. The van der Waals surface area contributed by atoms with E-state index in [2.05, 4.69) is 27.2 Å². The van der Waals surface area contributed by atoms with Crippen molar-refractivity contribution in [2.24, 2.45) is 0 Å². The number of halogens is 1. The summed E-state index contributed by atoms with van der Waals surface area (Å²) < 4.78 is 11.1. The quantitative estimate of drug-likeness (QED) is 0.906. The third kappa shape index (κ3) is 3.56. The van der Waals surface area contributed by atoms with Gasteiger partial charge in [0.1, 0.15) is 11.8 Å². The summed E-state index contributed by atoms with van der Waals surface area (Å²) in [6.45, 7) is 1.99. The molecular weight excluding hydrogens is 292 g/mol. The van der Waals surface area contributed by atoms with Crippen LogP contribution in [0.5, 0.6) is 5.88 Å². The van der Waals surface area contributed by atoms with Crippen LogP contribution in [0, 0.1) is 0 Å². The van der Waals surface area contributed by atoms with E-state index in [1.807, 2.05) is 6.20 Å². The summed E-state index contributed by atoms with van der Waals surface area (Å²) in [5.74, 6) is 1.53. The maximum atomic E-state index is 5.93. The fourth-order valence-electron chi connectivity index (χ4n) is 2.56. The first-order chi connectivity index (χ1) is 9.78. The maximum Gasteiger partial charge on any atom is 0.239 e. The SMILES string of the molecule is COCC1CNCc2ncc(N(C)C3CCC3)nc2O1.Cl. The van der Waals surface area contributed by atoms with Crippen molar-refractivity contribution in [1.82, 2.24) is 15.3 Å². The first-order valence-corrected chi connectivity index (χ1v) is 7.23. The first-order valence-electron chi connectivity index (χ1n) is 7.23. The molecule has 118 valence electrons. The molecule has 0 spiro atoms. The van der Waals surface area contributed by atoms with Crippen LogP contribution in [0.3, 0.4) is 0 Å². The fourth-order valence-corrected chi connectivity index (χ4v) is 2.56. The van der Waals surface area contributed by atoms with E-state index >= 15 is 0 Å². The summed E-state index contributed by atoms with van der Waals surface area (Å²) in [5.41, 5.74) is 0.870. The van der Waals surface area contributed by atoms with E-state index in [-0.39, 0.29) is 18.5 Å². The van der Waals surface area contributed by atoms with Gasteiger partial charge in [-0.15, -0.1) is 12.4 Å². The van der Waals surface area contributed by atoms with E-state index in [9.17, 15) is 0 Å². The molecule has 1 atom stereocenters. The van der Waals surface area contributed by atoms with Gasteiger partial charge in [-0.3, -0.25) is 4.98 Å². The summed E-state index contributed by atoms with van der Waals surface area (Å²) in [6, 6.07) is 0.598. The van der Waals surface area contributed by atoms with Crippen LogP contribution < -0.4 is 15.0 Å². The Hall–Kier alpha value is -1.11. The predicted molar refractivity (Wildman–Crippen MR) is 83.3 cm³/mol. The van der Waals surface area contributed by atoms with Gasteiger partial charge in [0, 0.05) is 33.3 Å². The Kier molecular flexibility index (Phi) is 5.61. The highest BCUT2D eigenvalue weighted by atomic mass is 35.5. The lowest BCUT2D eigenvalue weighted by atomic mass is 9.92. The third-order valence-electron chi connectivity index (χ3n) is 4.08. The lowest BCUT2D eigenvalue weighted by molar-refractivity contribution is 0.0810. The van der Waals surface area contributed by atoms with E-state index in [1.54, 1.807) is 7.11 Å². The van der Waals surface area contributed by atoms with Crippen LogP contribution >= 0.6 is 12.4 Å². The summed E-state index contributed by atoms with van der Waals surface area (Å²) in [7, 11) is 3.77. The van der Waals surface area contributed by atoms with E-state index in [1.165, 1.54) is 19.3 Å². The molecule has 1 aliphatic carbocycles. The van der Waals surface area contributed by atoms with Crippen LogP contribution in [-0.4, -0.2) is 49.4 Å². The fraction of sp³-hybridized carbons (Fsp3) is 0.714. The molecule has 1 unspecified atom stereocenters. The average molecular weight is 315 g/mol. The van der Waals surface area contributed by atoms with Gasteiger partial charge in [-0.05, 0) is 19.3 Å². The molecule has 7 heteroatoms. The monoisotopic (exact) mass is 314 g/mol. The lowest BCUT2D eigenvalue weighted by Crippen LogP contribution is -2.37. The Bertz CT molecular complexity index is 470. The van der Waals surface area contributed by atoms with Gasteiger partial charge < -0.3 is 19.7 Å². The van der Waals surface area contributed by atoms with Gasteiger partial charge in [0.15, 0.2) is 5.82 Å². The Morgan fingerprint density at radius 2 is 2.29 bits per heavy atom. The minimum atomic E-state index is -0.0141. The Morgan fingerprint density at radius 3 is 2.95 bits per heavy atom. The van der Waals surface area contributed by atoms with Crippen LogP contribution in [0.1, 0.15) is 25.0 Å². The van der Waals surface area contributed by atoms with Crippen molar-refractivity contribution in [2.75, 3.05) is 32.2 Å². The van der Waals surface area contributed by atoms with Gasteiger partial charge in [-0.2, -0.15) is 4.98 Å². The molecule has 2 aliphatic rings. The molecule has 1 saturated carbocycles. The van der Waals surface area contributed by atoms with Crippen molar-refractivity contribution in [3.8, 4) is 5.88 Å². The highest BCUT2D eigenvalue weighted by molar-refractivity contribution is 5.85. The van der Waals surface area contributed by atoms with Crippen LogP contribution in [0.2, 0.25) is 0 Å². The van der Waals surface area contributed by atoms with Crippen molar-refractivity contribution in [3.05, 3.63) is 11.9 Å². The molecule has 0 aromatic carbocycles. The molecule has 2 heterocycles. The second-order valence-corrected chi connectivity index (χ2v) is 5.50. The van der Waals surface area contributed by atoms with Crippen molar-refractivity contribution >= 4 is 18.2 Å². The molecule has 21 heavy (non-hydrogen) atoms. The minimum Gasteiger partial charge on any atom is -0.469 e.